The molecule has 0 amide bonds. The highest BCUT2D eigenvalue weighted by molar-refractivity contribution is 5.33. The van der Waals surface area contributed by atoms with E-state index in [1.54, 1.807) is 0 Å². The first-order chi connectivity index (χ1) is 6.53. The van der Waals surface area contributed by atoms with Gasteiger partial charge in [0, 0.05) is 25.0 Å². The van der Waals surface area contributed by atoms with Crippen LogP contribution in [0.2, 0.25) is 0 Å². The first kappa shape index (κ1) is 9.56. The number of anilines is 1. The van der Waals surface area contributed by atoms with Gasteiger partial charge in [-0.15, -0.1) is 0 Å². The zero-order chi connectivity index (χ0) is 10.3. The normalized spacial score (nSPS) is 20.6. The van der Waals surface area contributed by atoms with E-state index in [0.29, 0.717) is 11.5 Å². The SMILES string of the molecule is Cc1cnc(N(C)C(C)C2(C)CC2)[nH]1. The second-order valence-corrected chi connectivity index (χ2v) is 4.83. The number of aromatic nitrogens is 2. The molecule has 0 spiro atoms. The molecule has 1 saturated carbocycles. The zero-order valence-corrected chi connectivity index (χ0v) is 9.46. The third kappa shape index (κ3) is 1.51. The van der Waals surface area contributed by atoms with Crippen LogP contribution >= 0.6 is 0 Å². The number of imidazole rings is 1. The molecule has 1 heterocycles. The maximum absolute atomic E-state index is 4.35. The Morgan fingerprint density at radius 3 is 2.64 bits per heavy atom. The third-order valence-electron chi connectivity index (χ3n) is 3.65. The fourth-order valence-electron chi connectivity index (χ4n) is 1.84. The minimum Gasteiger partial charge on any atom is -0.342 e. The average Bonchev–Trinajstić information content (AvgIpc) is 2.75. The maximum atomic E-state index is 4.35. The molecule has 0 aromatic carbocycles. The summed E-state index contributed by atoms with van der Waals surface area (Å²) in [5.41, 5.74) is 1.63. The van der Waals surface area contributed by atoms with Crippen molar-refractivity contribution in [2.45, 2.75) is 39.7 Å². The Labute approximate surface area is 85.5 Å². The van der Waals surface area contributed by atoms with Gasteiger partial charge in [-0.2, -0.15) is 0 Å². The highest BCUT2D eigenvalue weighted by Crippen LogP contribution is 2.49. The van der Waals surface area contributed by atoms with E-state index in [0.717, 1.165) is 11.6 Å². The molecule has 0 saturated heterocycles. The molecule has 0 bridgehead atoms. The second-order valence-electron chi connectivity index (χ2n) is 4.83. The van der Waals surface area contributed by atoms with Crippen molar-refractivity contribution in [1.29, 1.82) is 0 Å². The van der Waals surface area contributed by atoms with Crippen LogP contribution in [-0.2, 0) is 0 Å². The number of hydrogen-bond acceptors (Lipinski definition) is 2. The fraction of sp³-hybridized carbons (Fsp3) is 0.727. The van der Waals surface area contributed by atoms with Crippen LogP contribution in [0.4, 0.5) is 5.95 Å². The Bertz CT molecular complexity index is 325. The number of aryl methyl sites for hydroxylation is 1. The Kier molecular flexibility index (Phi) is 2.05. The van der Waals surface area contributed by atoms with Gasteiger partial charge in [0.05, 0.1) is 0 Å². The number of rotatable bonds is 3. The zero-order valence-electron chi connectivity index (χ0n) is 9.46. The molecule has 3 nitrogen and oxygen atoms in total. The van der Waals surface area contributed by atoms with E-state index in [4.69, 9.17) is 0 Å². The molecular formula is C11H19N3. The van der Waals surface area contributed by atoms with Gasteiger partial charge >= 0.3 is 0 Å². The average molecular weight is 193 g/mol. The van der Waals surface area contributed by atoms with Gasteiger partial charge in [-0.1, -0.05) is 6.92 Å². The predicted octanol–water partition coefficient (Wildman–Crippen LogP) is 2.34. The van der Waals surface area contributed by atoms with Gasteiger partial charge in [0.2, 0.25) is 5.95 Å². The summed E-state index contributed by atoms with van der Waals surface area (Å²) in [5.74, 6) is 0.989. The molecule has 3 heteroatoms. The molecule has 1 aliphatic rings. The van der Waals surface area contributed by atoms with Crippen LogP contribution in [0.3, 0.4) is 0 Å². The Hall–Kier alpha value is -0.990. The predicted molar refractivity (Wildman–Crippen MR) is 58.5 cm³/mol. The minimum absolute atomic E-state index is 0.509. The quantitative estimate of drug-likeness (QED) is 0.799. The van der Waals surface area contributed by atoms with Gasteiger partial charge in [-0.3, -0.25) is 0 Å². The van der Waals surface area contributed by atoms with Crippen LogP contribution < -0.4 is 4.90 Å². The Balaban J connectivity index is 2.11. The van der Waals surface area contributed by atoms with Crippen LogP contribution in [0, 0.1) is 12.3 Å². The molecule has 1 aromatic rings. The molecule has 1 atom stereocenters. The number of nitrogens with one attached hydrogen (secondary N) is 1. The van der Waals surface area contributed by atoms with Crippen molar-refractivity contribution in [3.63, 3.8) is 0 Å². The van der Waals surface area contributed by atoms with Crippen molar-refractivity contribution < 1.29 is 0 Å². The highest BCUT2D eigenvalue weighted by atomic mass is 15.3. The van der Waals surface area contributed by atoms with Crippen molar-refractivity contribution in [2.75, 3.05) is 11.9 Å². The highest BCUT2D eigenvalue weighted by Gasteiger charge is 2.44. The molecule has 78 valence electrons. The van der Waals surface area contributed by atoms with Crippen molar-refractivity contribution in [3.8, 4) is 0 Å². The summed E-state index contributed by atoms with van der Waals surface area (Å²) in [7, 11) is 2.12. The van der Waals surface area contributed by atoms with Gasteiger partial charge in [0.1, 0.15) is 0 Å². The van der Waals surface area contributed by atoms with E-state index < -0.39 is 0 Å². The number of hydrogen-bond donors (Lipinski definition) is 1. The molecule has 14 heavy (non-hydrogen) atoms. The van der Waals surface area contributed by atoms with E-state index in [1.807, 2.05) is 13.1 Å². The van der Waals surface area contributed by atoms with Crippen LogP contribution in [0.5, 0.6) is 0 Å². The van der Waals surface area contributed by atoms with Gasteiger partial charge in [-0.05, 0) is 32.1 Å². The fourth-order valence-corrected chi connectivity index (χ4v) is 1.84. The van der Waals surface area contributed by atoms with Crippen LogP contribution in [-0.4, -0.2) is 23.1 Å². The molecule has 1 unspecified atom stereocenters. The van der Waals surface area contributed by atoms with Crippen molar-refractivity contribution in [2.24, 2.45) is 5.41 Å². The first-order valence-electron chi connectivity index (χ1n) is 5.27. The van der Waals surface area contributed by atoms with Crippen molar-refractivity contribution >= 4 is 5.95 Å². The summed E-state index contributed by atoms with van der Waals surface area (Å²) in [4.78, 5) is 9.87. The van der Waals surface area contributed by atoms with Gasteiger partial charge in [0.25, 0.3) is 0 Å². The van der Waals surface area contributed by atoms with Gasteiger partial charge in [-0.25, -0.2) is 4.98 Å². The van der Waals surface area contributed by atoms with Crippen LogP contribution in [0.25, 0.3) is 0 Å². The smallest absolute Gasteiger partial charge is 0.202 e. The molecule has 1 aromatic heterocycles. The summed E-state index contributed by atoms with van der Waals surface area (Å²) in [6, 6.07) is 0.563. The Morgan fingerprint density at radius 1 is 1.57 bits per heavy atom. The van der Waals surface area contributed by atoms with Crippen molar-refractivity contribution in [3.05, 3.63) is 11.9 Å². The molecule has 2 rings (SSSR count). The van der Waals surface area contributed by atoms with Crippen LogP contribution in [0.1, 0.15) is 32.4 Å². The molecule has 1 aliphatic carbocycles. The lowest BCUT2D eigenvalue weighted by Crippen LogP contribution is -2.36. The summed E-state index contributed by atoms with van der Waals surface area (Å²) in [5, 5.41) is 0. The number of H-pyrrole nitrogens is 1. The summed E-state index contributed by atoms with van der Waals surface area (Å²) in [6.07, 6.45) is 4.57. The molecule has 1 N–H and O–H groups in total. The number of nitrogens with zero attached hydrogens (tertiary/aromatic N) is 2. The summed E-state index contributed by atoms with van der Waals surface area (Å²) in [6.45, 7) is 6.67. The largest absolute Gasteiger partial charge is 0.342 e. The lowest BCUT2D eigenvalue weighted by molar-refractivity contribution is 0.443. The van der Waals surface area contributed by atoms with E-state index in [1.165, 1.54) is 12.8 Å². The lowest BCUT2D eigenvalue weighted by Gasteiger charge is -2.29. The van der Waals surface area contributed by atoms with Gasteiger partial charge < -0.3 is 9.88 Å². The lowest BCUT2D eigenvalue weighted by atomic mass is 10.00. The van der Waals surface area contributed by atoms with E-state index >= 15 is 0 Å². The number of aromatic amines is 1. The maximum Gasteiger partial charge on any atom is 0.202 e. The van der Waals surface area contributed by atoms with Gasteiger partial charge in [0.15, 0.2) is 0 Å². The topological polar surface area (TPSA) is 31.9 Å². The van der Waals surface area contributed by atoms with E-state index in [2.05, 4.69) is 35.8 Å². The first-order valence-corrected chi connectivity index (χ1v) is 5.27. The minimum atomic E-state index is 0.509. The van der Waals surface area contributed by atoms with Crippen LogP contribution in [0.15, 0.2) is 6.20 Å². The summed E-state index contributed by atoms with van der Waals surface area (Å²) >= 11 is 0. The Morgan fingerprint density at radius 2 is 2.21 bits per heavy atom. The molecule has 1 fully saturated rings. The molecular weight excluding hydrogens is 174 g/mol. The third-order valence-corrected chi connectivity index (χ3v) is 3.65. The summed E-state index contributed by atoms with van der Waals surface area (Å²) < 4.78 is 0. The second kappa shape index (κ2) is 3.01. The van der Waals surface area contributed by atoms with Crippen molar-refractivity contribution in [1.82, 2.24) is 9.97 Å². The monoisotopic (exact) mass is 193 g/mol. The van der Waals surface area contributed by atoms with E-state index in [9.17, 15) is 0 Å². The van der Waals surface area contributed by atoms with E-state index in [-0.39, 0.29) is 0 Å². The molecule has 0 radical (unpaired) electrons. The standard InChI is InChI=1S/C11H19N3/c1-8-7-12-10(13-8)14(4)9(2)11(3)5-6-11/h7,9H,5-6H2,1-4H3,(H,12,13). The molecule has 0 aliphatic heterocycles.